The Kier molecular flexibility index (Phi) is 4.71. The lowest BCUT2D eigenvalue weighted by Crippen LogP contribution is -3.15. The Labute approximate surface area is 127 Å². The fourth-order valence-corrected chi connectivity index (χ4v) is 3.44. The van der Waals surface area contributed by atoms with E-state index in [-0.39, 0.29) is 5.91 Å². The fourth-order valence-electron chi connectivity index (χ4n) is 3.44. The van der Waals surface area contributed by atoms with E-state index < -0.39 is 0 Å². The average Bonchev–Trinajstić information content (AvgIpc) is 2.57. The quantitative estimate of drug-likeness (QED) is 0.834. The lowest BCUT2D eigenvalue weighted by molar-refractivity contribution is -0.907. The molecule has 1 amide bonds. The van der Waals surface area contributed by atoms with Crippen molar-refractivity contribution in [2.75, 3.05) is 32.7 Å². The number of allylic oxidation sites excluding steroid dienone is 2. The van der Waals surface area contributed by atoms with Crippen molar-refractivity contribution in [2.24, 2.45) is 5.92 Å². The van der Waals surface area contributed by atoms with Crippen LogP contribution in [0.25, 0.3) is 0 Å². The standard InChI is InChI=1S/C18H24N2O/c21-18(17-9-5-2-6-10-17)20-13-11-19(12-14-20)15-16-7-3-1-4-8-16/h1-3,5-6,9-10,16H,4,7-8,11-15H2/p+1/t16-/m1/s1. The first-order valence-corrected chi connectivity index (χ1v) is 8.16. The van der Waals surface area contributed by atoms with Gasteiger partial charge in [0.05, 0.1) is 32.7 Å². The summed E-state index contributed by atoms with van der Waals surface area (Å²) < 4.78 is 0. The zero-order valence-electron chi connectivity index (χ0n) is 12.6. The van der Waals surface area contributed by atoms with Gasteiger partial charge in [0.2, 0.25) is 0 Å². The summed E-state index contributed by atoms with van der Waals surface area (Å²) in [5.74, 6) is 1.04. The summed E-state index contributed by atoms with van der Waals surface area (Å²) in [4.78, 5) is 16.1. The topological polar surface area (TPSA) is 24.8 Å². The van der Waals surface area contributed by atoms with Gasteiger partial charge in [0, 0.05) is 11.5 Å². The SMILES string of the molecule is O=C(c1ccccc1)N1CC[NH+](C[C@@H]2CC=CCC2)CC1. The molecule has 1 fully saturated rings. The minimum atomic E-state index is 0.190. The largest absolute Gasteiger partial charge is 0.332 e. The van der Waals surface area contributed by atoms with Crippen molar-refractivity contribution in [3.05, 3.63) is 48.0 Å². The van der Waals surface area contributed by atoms with Gasteiger partial charge in [-0.25, -0.2) is 0 Å². The molecular weight excluding hydrogens is 260 g/mol. The number of quaternary nitrogens is 1. The van der Waals surface area contributed by atoms with Crippen LogP contribution in [-0.4, -0.2) is 43.5 Å². The molecule has 3 nitrogen and oxygen atoms in total. The molecule has 1 heterocycles. The van der Waals surface area contributed by atoms with Crippen LogP contribution in [-0.2, 0) is 0 Å². The Morgan fingerprint density at radius 3 is 2.57 bits per heavy atom. The molecule has 21 heavy (non-hydrogen) atoms. The summed E-state index contributed by atoms with van der Waals surface area (Å²) in [6.07, 6.45) is 8.48. The van der Waals surface area contributed by atoms with Crippen LogP contribution in [0.5, 0.6) is 0 Å². The maximum Gasteiger partial charge on any atom is 0.254 e. The van der Waals surface area contributed by atoms with Crippen LogP contribution in [0.2, 0.25) is 0 Å². The monoisotopic (exact) mass is 285 g/mol. The van der Waals surface area contributed by atoms with Crippen LogP contribution in [0.1, 0.15) is 29.6 Å². The Morgan fingerprint density at radius 1 is 1.14 bits per heavy atom. The first kappa shape index (κ1) is 14.3. The van der Waals surface area contributed by atoms with Crippen molar-refractivity contribution in [1.29, 1.82) is 0 Å². The van der Waals surface area contributed by atoms with E-state index in [4.69, 9.17) is 0 Å². The average molecular weight is 285 g/mol. The summed E-state index contributed by atoms with van der Waals surface area (Å²) in [5.41, 5.74) is 0.818. The lowest BCUT2D eigenvalue weighted by Gasteiger charge is -2.34. The highest BCUT2D eigenvalue weighted by atomic mass is 16.2. The van der Waals surface area contributed by atoms with Crippen molar-refractivity contribution in [3.8, 4) is 0 Å². The maximum absolute atomic E-state index is 12.4. The van der Waals surface area contributed by atoms with Gasteiger partial charge in [-0.3, -0.25) is 4.79 Å². The Hall–Kier alpha value is -1.61. The highest BCUT2D eigenvalue weighted by molar-refractivity contribution is 5.94. The molecular formula is C18H25N2O+. The summed E-state index contributed by atoms with van der Waals surface area (Å²) in [6.45, 7) is 5.26. The molecule has 0 spiro atoms. The molecule has 2 aliphatic rings. The Balaban J connectivity index is 1.48. The minimum absolute atomic E-state index is 0.190. The van der Waals surface area contributed by atoms with E-state index >= 15 is 0 Å². The second-order valence-corrected chi connectivity index (χ2v) is 6.26. The number of nitrogens with zero attached hydrogens (tertiary/aromatic N) is 1. The molecule has 1 aromatic rings. The van der Waals surface area contributed by atoms with Gasteiger partial charge in [-0.2, -0.15) is 0 Å². The van der Waals surface area contributed by atoms with Crippen molar-refractivity contribution in [1.82, 2.24) is 4.90 Å². The van der Waals surface area contributed by atoms with Gasteiger partial charge in [0.15, 0.2) is 0 Å². The van der Waals surface area contributed by atoms with Gasteiger partial charge in [0.25, 0.3) is 5.91 Å². The molecule has 0 aromatic heterocycles. The smallest absolute Gasteiger partial charge is 0.254 e. The van der Waals surface area contributed by atoms with Crippen LogP contribution in [0, 0.1) is 5.92 Å². The zero-order chi connectivity index (χ0) is 14.5. The summed E-state index contributed by atoms with van der Waals surface area (Å²) >= 11 is 0. The predicted molar refractivity (Wildman–Crippen MR) is 84.4 cm³/mol. The molecule has 0 saturated carbocycles. The van der Waals surface area contributed by atoms with Crippen molar-refractivity contribution >= 4 is 5.91 Å². The van der Waals surface area contributed by atoms with Crippen LogP contribution in [0.3, 0.4) is 0 Å². The number of nitrogens with one attached hydrogen (secondary N) is 1. The first-order valence-electron chi connectivity index (χ1n) is 8.16. The summed E-state index contributed by atoms with van der Waals surface area (Å²) in [6, 6.07) is 9.65. The number of amides is 1. The second kappa shape index (κ2) is 6.90. The number of hydrogen-bond acceptors (Lipinski definition) is 1. The summed E-state index contributed by atoms with van der Waals surface area (Å²) in [5, 5.41) is 0. The highest BCUT2D eigenvalue weighted by Gasteiger charge is 2.26. The number of benzene rings is 1. The first-order chi connectivity index (χ1) is 10.3. The van der Waals surface area contributed by atoms with Crippen molar-refractivity contribution in [2.45, 2.75) is 19.3 Å². The molecule has 1 aliphatic heterocycles. The van der Waals surface area contributed by atoms with Crippen LogP contribution in [0.15, 0.2) is 42.5 Å². The number of carbonyl (C=O) groups is 1. The predicted octanol–water partition coefficient (Wildman–Crippen LogP) is 1.38. The summed E-state index contributed by atoms with van der Waals surface area (Å²) in [7, 11) is 0. The Morgan fingerprint density at radius 2 is 1.90 bits per heavy atom. The molecule has 0 radical (unpaired) electrons. The van der Waals surface area contributed by atoms with Crippen molar-refractivity contribution in [3.63, 3.8) is 0 Å². The van der Waals surface area contributed by atoms with Gasteiger partial charge in [0.1, 0.15) is 0 Å². The van der Waals surface area contributed by atoms with Crippen LogP contribution < -0.4 is 4.90 Å². The van der Waals surface area contributed by atoms with E-state index in [1.807, 2.05) is 35.2 Å². The molecule has 3 heteroatoms. The third kappa shape index (κ3) is 3.73. The second-order valence-electron chi connectivity index (χ2n) is 6.26. The van der Waals surface area contributed by atoms with E-state index in [1.165, 1.54) is 25.8 Å². The molecule has 1 aliphatic carbocycles. The minimum Gasteiger partial charge on any atom is -0.332 e. The van der Waals surface area contributed by atoms with E-state index in [0.717, 1.165) is 37.7 Å². The third-order valence-corrected chi connectivity index (χ3v) is 4.73. The zero-order valence-corrected chi connectivity index (χ0v) is 12.6. The van der Waals surface area contributed by atoms with Crippen molar-refractivity contribution < 1.29 is 9.69 Å². The van der Waals surface area contributed by atoms with Gasteiger partial charge in [-0.05, 0) is 31.4 Å². The van der Waals surface area contributed by atoms with Gasteiger partial charge < -0.3 is 9.80 Å². The van der Waals surface area contributed by atoms with E-state index in [1.54, 1.807) is 4.90 Å². The van der Waals surface area contributed by atoms with Gasteiger partial charge >= 0.3 is 0 Å². The molecule has 112 valence electrons. The highest BCUT2D eigenvalue weighted by Crippen LogP contribution is 2.16. The maximum atomic E-state index is 12.4. The van der Waals surface area contributed by atoms with Gasteiger partial charge in [-0.15, -0.1) is 0 Å². The van der Waals surface area contributed by atoms with Crippen LogP contribution in [0.4, 0.5) is 0 Å². The van der Waals surface area contributed by atoms with E-state index in [2.05, 4.69) is 12.2 Å². The molecule has 1 saturated heterocycles. The third-order valence-electron chi connectivity index (χ3n) is 4.73. The van der Waals surface area contributed by atoms with E-state index in [9.17, 15) is 4.79 Å². The molecule has 3 rings (SSSR count). The number of hydrogen-bond donors (Lipinski definition) is 1. The molecule has 1 atom stereocenters. The molecule has 1 aromatic carbocycles. The number of piperazine rings is 1. The van der Waals surface area contributed by atoms with E-state index in [0.29, 0.717) is 0 Å². The Bertz CT molecular complexity index is 489. The fraction of sp³-hybridized carbons (Fsp3) is 0.500. The number of rotatable bonds is 3. The molecule has 0 unspecified atom stereocenters. The lowest BCUT2D eigenvalue weighted by atomic mass is 9.94. The number of carbonyl (C=O) groups excluding carboxylic acids is 1. The molecule has 1 N–H and O–H groups in total. The van der Waals surface area contributed by atoms with Crippen LogP contribution >= 0.6 is 0 Å². The van der Waals surface area contributed by atoms with Gasteiger partial charge in [-0.1, -0.05) is 30.4 Å². The normalized spacial score (nSPS) is 23.2. The molecule has 0 bridgehead atoms.